The standard InChI is InChI=1S/C10H13NO/c1-10(2)6-4-3-5-8(7-10)9(11)12/h3-7H,1-2H3,(H2,11,12). The molecule has 0 aliphatic heterocycles. The largest absolute Gasteiger partial charge is 0.366 e. The van der Waals surface area contributed by atoms with Crippen LogP contribution in [0.15, 0.2) is 36.0 Å². The van der Waals surface area contributed by atoms with Crippen molar-refractivity contribution in [3.05, 3.63) is 36.0 Å². The first kappa shape index (κ1) is 8.78. The van der Waals surface area contributed by atoms with Crippen LogP contribution >= 0.6 is 0 Å². The average molecular weight is 163 g/mol. The second kappa shape index (κ2) is 2.97. The van der Waals surface area contributed by atoms with Crippen molar-refractivity contribution in [2.45, 2.75) is 13.8 Å². The topological polar surface area (TPSA) is 43.1 Å². The van der Waals surface area contributed by atoms with Crippen LogP contribution in [0.4, 0.5) is 0 Å². The molecule has 0 unspecified atom stereocenters. The van der Waals surface area contributed by atoms with Crippen molar-refractivity contribution in [1.82, 2.24) is 0 Å². The number of allylic oxidation sites excluding steroid dienone is 4. The van der Waals surface area contributed by atoms with Crippen LogP contribution in [-0.4, -0.2) is 5.91 Å². The first-order chi connectivity index (χ1) is 5.51. The SMILES string of the molecule is CC1(C)C=CC=CC(C(N)=O)=C1. The molecule has 0 atom stereocenters. The zero-order valence-corrected chi connectivity index (χ0v) is 7.37. The van der Waals surface area contributed by atoms with Crippen molar-refractivity contribution >= 4 is 5.91 Å². The highest BCUT2D eigenvalue weighted by atomic mass is 16.1. The summed E-state index contributed by atoms with van der Waals surface area (Å²) in [7, 11) is 0. The second-order valence-electron chi connectivity index (χ2n) is 3.50. The lowest BCUT2D eigenvalue weighted by atomic mass is 9.91. The molecule has 1 aliphatic rings. The number of carbonyl (C=O) groups is 1. The van der Waals surface area contributed by atoms with Gasteiger partial charge in [-0.05, 0) is 6.08 Å². The maximum atomic E-state index is 10.9. The fourth-order valence-corrected chi connectivity index (χ4v) is 1.11. The Morgan fingerprint density at radius 3 is 2.67 bits per heavy atom. The Kier molecular flexibility index (Phi) is 2.18. The summed E-state index contributed by atoms with van der Waals surface area (Å²) in [5, 5.41) is 0. The third-order valence-electron chi connectivity index (χ3n) is 1.72. The van der Waals surface area contributed by atoms with Gasteiger partial charge in [-0.15, -0.1) is 0 Å². The number of amides is 1. The smallest absolute Gasteiger partial charge is 0.248 e. The van der Waals surface area contributed by atoms with Gasteiger partial charge in [0.2, 0.25) is 5.91 Å². The second-order valence-corrected chi connectivity index (χ2v) is 3.50. The van der Waals surface area contributed by atoms with E-state index in [1.165, 1.54) is 0 Å². The number of carbonyl (C=O) groups excluding carboxylic acids is 1. The van der Waals surface area contributed by atoms with Crippen LogP contribution < -0.4 is 5.73 Å². The van der Waals surface area contributed by atoms with Crippen LogP contribution in [0.5, 0.6) is 0 Å². The molecule has 1 rings (SSSR count). The maximum Gasteiger partial charge on any atom is 0.248 e. The predicted molar refractivity (Wildman–Crippen MR) is 49.3 cm³/mol. The fourth-order valence-electron chi connectivity index (χ4n) is 1.11. The van der Waals surface area contributed by atoms with Gasteiger partial charge >= 0.3 is 0 Å². The molecule has 12 heavy (non-hydrogen) atoms. The number of rotatable bonds is 1. The molecule has 2 N–H and O–H groups in total. The van der Waals surface area contributed by atoms with Gasteiger partial charge in [-0.25, -0.2) is 0 Å². The lowest BCUT2D eigenvalue weighted by Gasteiger charge is -2.13. The predicted octanol–water partition coefficient (Wildman–Crippen LogP) is 1.55. The normalized spacial score (nSPS) is 20.0. The Hall–Kier alpha value is -1.31. The number of nitrogens with two attached hydrogens (primary N) is 1. The molecule has 2 nitrogen and oxygen atoms in total. The summed E-state index contributed by atoms with van der Waals surface area (Å²) in [6, 6.07) is 0. The van der Waals surface area contributed by atoms with Crippen molar-refractivity contribution in [3.8, 4) is 0 Å². The summed E-state index contributed by atoms with van der Waals surface area (Å²) in [6.45, 7) is 4.05. The van der Waals surface area contributed by atoms with Crippen molar-refractivity contribution in [1.29, 1.82) is 0 Å². The molecule has 0 radical (unpaired) electrons. The van der Waals surface area contributed by atoms with E-state index in [4.69, 9.17) is 5.73 Å². The first-order valence-corrected chi connectivity index (χ1v) is 3.90. The molecular weight excluding hydrogens is 150 g/mol. The zero-order valence-electron chi connectivity index (χ0n) is 7.37. The van der Waals surface area contributed by atoms with Crippen LogP contribution in [0, 0.1) is 5.41 Å². The minimum Gasteiger partial charge on any atom is -0.366 e. The zero-order chi connectivity index (χ0) is 9.19. The molecule has 0 spiro atoms. The Labute approximate surface area is 72.5 Å². The van der Waals surface area contributed by atoms with E-state index in [9.17, 15) is 4.79 Å². The lowest BCUT2D eigenvalue weighted by molar-refractivity contribution is -0.114. The van der Waals surface area contributed by atoms with Gasteiger partial charge in [-0.2, -0.15) is 0 Å². The van der Waals surface area contributed by atoms with E-state index in [0.29, 0.717) is 5.57 Å². The van der Waals surface area contributed by atoms with Crippen molar-refractivity contribution < 1.29 is 4.79 Å². The van der Waals surface area contributed by atoms with Crippen molar-refractivity contribution in [2.75, 3.05) is 0 Å². The van der Waals surface area contributed by atoms with Gasteiger partial charge in [0.25, 0.3) is 0 Å². The van der Waals surface area contributed by atoms with Crippen LogP contribution in [0.25, 0.3) is 0 Å². The molecule has 0 aromatic heterocycles. The van der Waals surface area contributed by atoms with E-state index in [1.807, 2.05) is 38.2 Å². The molecule has 0 fully saturated rings. The minimum absolute atomic E-state index is 0.0894. The maximum absolute atomic E-state index is 10.9. The Morgan fingerprint density at radius 1 is 1.42 bits per heavy atom. The van der Waals surface area contributed by atoms with Gasteiger partial charge in [-0.1, -0.05) is 38.2 Å². The van der Waals surface area contributed by atoms with E-state index < -0.39 is 0 Å². The summed E-state index contributed by atoms with van der Waals surface area (Å²) < 4.78 is 0. The molecule has 0 aromatic carbocycles. The quantitative estimate of drug-likeness (QED) is 0.626. The van der Waals surface area contributed by atoms with Crippen molar-refractivity contribution in [2.24, 2.45) is 11.1 Å². The van der Waals surface area contributed by atoms with Crippen LogP contribution in [0.1, 0.15) is 13.8 Å². The minimum atomic E-state index is -0.372. The first-order valence-electron chi connectivity index (χ1n) is 3.90. The highest BCUT2D eigenvalue weighted by molar-refractivity contribution is 5.95. The van der Waals surface area contributed by atoms with Crippen LogP contribution in [0.3, 0.4) is 0 Å². The lowest BCUT2D eigenvalue weighted by Crippen LogP contribution is -2.15. The molecular formula is C10H13NO. The highest BCUT2D eigenvalue weighted by Crippen LogP contribution is 2.23. The summed E-state index contributed by atoms with van der Waals surface area (Å²) >= 11 is 0. The fraction of sp³-hybridized carbons (Fsp3) is 0.300. The molecule has 0 saturated heterocycles. The summed E-state index contributed by atoms with van der Waals surface area (Å²) in [5.74, 6) is -0.372. The molecule has 2 heteroatoms. The highest BCUT2D eigenvalue weighted by Gasteiger charge is 2.14. The van der Waals surface area contributed by atoms with Gasteiger partial charge in [0.1, 0.15) is 0 Å². The molecule has 1 aliphatic carbocycles. The van der Waals surface area contributed by atoms with Gasteiger partial charge in [0.05, 0.1) is 0 Å². The Balaban J connectivity index is 3.03. The van der Waals surface area contributed by atoms with Gasteiger partial charge < -0.3 is 5.73 Å². The van der Waals surface area contributed by atoms with Gasteiger partial charge in [0, 0.05) is 11.0 Å². The Bertz CT molecular complexity index is 282. The molecule has 0 bridgehead atoms. The Morgan fingerprint density at radius 2 is 2.08 bits per heavy atom. The third kappa shape index (κ3) is 2.09. The number of hydrogen-bond donors (Lipinski definition) is 1. The van der Waals surface area contributed by atoms with Crippen LogP contribution in [0.2, 0.25) is 0 Å². The molecule has 64 valence electrons. The number of hydrogen-bond acceptors (Lipinski definition) is 1. The van der Waals surface area contributed by atoms with E-state index in [0.717, 1.165) is 0 Å². The van der Waals surface area contributed by atoms with E-state index in [-0.39, 0.29) is 11.3 Å². The van der Waals surface area contributed by atoms with E-state index in [2.05, 4.69) is 0 Å². The third-order valence-corrected chi connectivity index (χ3v) is 1.72. The summed E-state index contributed by atoms with van der Waals surface area (Å²) in [5.41, 5.74) is 5.66. The van der Waals surface area contributed by atoms with E-state index >= 15 is 0 Å². The summed E-state index contributed by atoms with van der Waals surface area (Å²) in [4.78, 5) is 10.9. The van der Waals surface area contributed by atoms with E-state index in [1.54, 1.807) is 6.08 Å². The van der Waals surface area contributed by atoms with Crippen molar-refractivity contribution in [3.63, 3.8) is 0 Å². The molecule has 0 heterocycles. The van der Waals surface area contributed by atoms with Gasteiger partial charge in [-0.3, -0.25) is 4.79 Å². The molecule has 0 saturated carbocycles. The van der Waals surface area contributed by atoms with Crippen LogP contribution in [-0.2, 0) is 4.79 Å². The average Bonchev–Trinajstić information content (AvgIpc) is 2.10. The molecule has 0 aromatic rings. The monoisotopic (exact) mass is 163 g/mol. The molecule has 1 amide bonds. The number of primary amides is 1. The van der Waals surface area contributed by atoms with Gasteiger partial charge in [0.15, 0.2) is 0 Å². The summed E-state index contributed by atoms with van der Waals surface area (Å²) in [6.07, 6.45) is 9.38.